The molecular weight excluding hydrogens is 720 g/mol. The van der Waals surface area contributed by atoms with Gasteiger partial charge in [-0.25, -0.2) is 0 Å². The summed E-state index contributed by atoms with van der Waals surface area (Å²) in [4.78, 5) is 9.99. The maximum Gasteiger partial charge on any atom is 2.00 e. The van der Waals surface area contributed by atoms with Crippen molar-refractivity contribution in [2.75, 3.05) is 0 Å². The van der Waals surface area contributed by atoms with Crippen molar-refractivity contribution in [3.8, 4) is 34.3 Å². The number of thiophene rings is 1. The molecule has 42 heavy (non-hydrogen) atoms. The minimum Gasteiger partial charge on any atom is -0.476 e. The van der Waals surface area contributed by atoms with Crippen molar-refractivity contribution in [1.82, 2.24) is 9.97 Å². The molecule has 0 aliphatic rings. The number of rotatable bonds is 4. The second-order valence-corrected chi connectivity index (χ2v) is 13.7. The summed E-state index contributed by atoms with van der Waals surface area (Å²) in [6, 6.07) is 31.3. The smallest absolute Gasteiger partial charge is 0.476 e. The molecule has 0 N–H and O–H groups in total. The number of ether oxygens (including phenoxy) is 1. The molecule has 212 valence electrons. The van der Waals surface area contributed by atoms with Gasteiger partial charge in [-0.05, 0) is 50.0 Å². The summed E-state index contributed by atoms with van der Waals surface area (Å²) in [5, 5.41) is 2.32. The van der Waals surface area contributed by atoms with E-state index in [0.717, 1.165) is 50.2 Å². The van der Waals surface area contributed by atoms with Crippen molar-refractivity contribution in [3.05, 3.63) is 96.1 Å². The fraction of sp³-hybridized carbons (Fsp3) is 0.222. The van der Waals surface area contributed by atoms with Crippen LogP contribution in [0.25, 0.3) is 53.9 Å². The normalized spacial score (nSPS) is 12.3. The molecule has 0 spiro atoms. The average Bonchev–Trinajstić information content (AvgIpc) is 3.51. The Morgan fingerprint density at radius 2 is 1.60 bits per heavy atom. The zero-order valence-corrected chi connectivity index (χ0v) is 27.5. The number of furan rings is 1. The molecule has 4 heterocycles. The Morgan fingerprint density at radius 3 is 2.33 bits per heavy atom. The molecule has 0 aliphatic heterocycles. The van der Waals surface area contributed by atoms with Crippen LogP contribution in [0.15, 0.2) is 77.2 Å². The Hall–Kier alpha value is -3.53. The SMILES string of the molecule is CC(C)(C)c1cc(Oc2nc(-c3[c-]cccc3)ccc2C(C)(C)C)nc(-c2[c-]c3oc4cccc5sc(c2)c3c45)c1.[Pt+2]. The maximum absolute atomic E-state index is 6.60. The molecule has 0 atom stereocenters. The van der Waals surface area contributed by atoms with Gasteiger partial charge in [-0.3, -0.25) is 9.97 Å². The standard InChI is InChI=1S/C36H30N2O2S.Pt/c1-35(2,3)23-19-26(22-17-28-33-30(18-22)41-29-14-10-13-27(39-28)32(29)33)37-31(20-23)40-34-24(36(4,5)6)15-16-25(38-34)21-11-8-7-9-12-21;/h7-11,13-16,18-20H,1-6H3;/q-2;+2. The number of benzene rings is 3. The molecule has 7 aromatic rings. The Morgan fingerprint density at radius 1 is 0.762 bits per heavy atom. The van der Waals surface area contributed by atoms with Crippen LogP contribution in [0.4, 0.5) is 0 Å². The van der Waals surface area contributed by atoms with Crippen molar-refractivity contribution in [2.24, 2.45) is 0 Å². The van der Waals surface area contributed by atoms with Crippen LogP contribution in [0.3, 0.4) is 0 Å². The van der Waals surface area contributed by atoms with Crippen molar-refractivity contribution in [1.29, 1.82) is 0 Å². The van der Waals surface area contributed by atoms with E-state index in [1.165, 1.54) is 14.8 Å². The van der Waals surface area contributed by atoms with E-state index in [-0.39, 0.29) is 31.9 Å². The summed E-state index contributed by atoms with van der Waals surface area (Å²) in [6.45, 7) is 13.1. The van der Waals surface area contributed by atoms with E-state index in [1.54, 1.807) is 11.3 Å². The maximum atomic E-state index is 6.60. The van der Waals surface area contributed by atoms with Crippen molar-refractivity contribution >= 4 is 42.7 Å². The van der Waals surface area contributed by atoms with Gasteiger partial charge in [-0.2, -0.15) is 11.3 Å². The van der Waals surface area contributed by atoms with E-state index >= 15 is 0 Å². The predicted molar refractivity (Wildman–Crippen MR) is 168 cm³/mol. The first-order valence-corrected chi connectivity index (χ1v) is 14.6. The Kier molecular flexibility index (Phi) is 7.03. The van der Waals surface area contributed by atoms with E-state index in [0.29, 0.717) is 11.8 Å². The summed E-state index contributed by atoms with van der Waals surface area (Å²) in [6.07, 6.45) is 0. The van der Waals surface area contributed by atoms with Crippen LogP contribution < -0.4 is 4.74 Å². The zero-order valence-electron chi connectivity index (χ0n) is 24.4. The van der Waals surface area contributed by atoms with Crippen LogP contribution in [0.5, 0.6) is 11.8 Å². The van der Waals surface area contributed by atoms with Crippen molar-refractivity contribution in [3.63, 3.8) is 0 Å². The van der Waals surface area contributed by atoms with Gasteiger partial charge in [0, 0.05) is 21.7 Å². The number of pyridine rings is 2. The van der Waals surface area contributed by atoms with Crippen LogP contribution >= 0.6 is 11.3 Å². The molecule has 0 saturated carbocycles. The summed E-state index contributed by atoms with van der Waals surface area (Å²) in [7, 11) is 0. The first-order chi connectivity index (χ1) is 19.5. The van der Waals surface area contributed by atoms with Gasteiger partial charge in [-0.1, -0.05) is 71.9 Å². The minimum atomic E-state index is -0.175. The average molecular weight is 750 g/mol. The van der Waals surface area contributed by atoms with Gasteiger partial charge < -0.3 is 9.15 Å². The Labute approximate surface area is 264 Å². The Balaban J connectivity index is 0.00000316. The van der Waals surface area contributed by atoms with E-state index in [2.05, 4.69) is 77.9 Å². The van der Waals surface area contributed by atoms with Crippen molar-refractivity contribution in [2.45, 2.75) is 52.4 Å². The van der Waals surface area contributed by atoms with Crippen LogP contribution in [0, 0.1) is 12.1 Å². The molecular formula is C36H30N2O2PtS. The molecule has 0 unspecified atom stereocenters. The van der Waals surface area contributed by atoms with E-state index in [1.807, 2.05) is 48.5 Å². The van der Waals surface area contributed by atoms with E-state index in [4.69, 9.17) is 19.1 Å². The number of aromatic nitrogens is 2. The molecule has 3 aromatic carbocycles. The summed E-state index contributed by atoms with van der Waals surface area (Å²) in [5.74, 6) is 1.05. The second kappa shape index (κ2) is 10.3. The zero-order chi connectivity index (χ0) is 28.5. The van der Waals surface area contributed by atoms with Gasteiger partial charge in [0.05, 0.1) is 5.58 Å². The van der Waals surface area contributed by atoms with Crippen LogP contribution in [0.2, 0.25) is 0 Å². The van der Waals surface area contributed by atoms with Gasteiger partial charge in [0.25, 0.3) is 0 Å². The van der Waals surface area contributed by atoms with Crippen LogP contribution in [-0.4, -0.2) is 9.97 Å². The molecule has 0 aliphatic carbocycles. The van der Waals surface area contributed by atoms with Gasteiger partial charge in [0.2, 0.25) is 11.8 Å². The number of nitrogens with zero attached hydrogens (tertiary/aromatic N) is 2. The first kappa shape index (κ1) is 28.6. The van der Waals surface area contributed by atoms with Crippen molar-refractivity contribution < 1.29 is 30.2 Å². The molecule has 7 rings (SSSR count). The molecule has 4 aromatic heterocycles. The molecule has 6 heteroatoms. The minimum absolute atomic E-state index is 0. The van der Waals surface area contributed by atoms with Crippen LogP contribution in [0.1, 0.15) is 52.7 Å². The molecule has 0 amide bonds. The third-order valence-corrected chi connectivity index (χ3v) is 8.57. The van der Waals surface area contributed by atoms with Gasteiger partial charge >= 0.3 is 21.1 Å². The molecule has 4 nitrogen and oxygen atoms in total. The third-order valence-electron chi connectivity index (χ3n) is 7.47. The van der Waals surface area contributed by atoms with E-state index in [9.17, 15) is 0 Å². The third kappa shape index (κ3) is 5.03. The molecule has 0 fully saturated rings. The second-order valence-electron chi connectivity index (χ2n) is 12.6. The van der Waals surface area contributed by atoms with Gasteiger partial charge in [0.15, 0.2) is 0 Å². The summed E-state index contributed by atoms with van der Waals surface area (Å²) in [5.41, 5.74) is 6.88. The fourth-order valence-electron chi connectivity index (χ4n) is 5.24. The summed E-state index contributed by atoms with van der Waals surface area (Å²) < 4.78 is 15.2. The predicted octanol–water partition coefficient (Wildman–Crippen LogP) is 10.3. The molecule has 0 bridgehead atoms. The summed E-state index contributed by atoms with van der Waals surface area (Å²) >= 11 is 1.77. The first-order valence-electron chi connectivity index (χ1n) is 13.8. The number of hydrogen-bond donors (Lipinski definition) is 0. The van der Waals surface area contributed by atoms with E-state index < -0.39 is 0 Å². The topological polar surface area (TPSA) is 48.2 Å². The Bertz CT molecular complexity index is 1990. The molecule has 0 radical (unpaired) electrons. The van der Waals surface area contributed by atoms with Gasteiger partial charge in [0.1, 0.15) is 5.58 Å². The quantitative estimate of drug-likeness (QED) is 0.168. The van der Waals surface area contributed by atoms with Gasteiger partial charge in [-0.15, -0.1) is 47.5 Å². The molecule has 0 saturated heterocycles. The number of hydrogen-bond acceptors (Lipinski definition) is 5. The monoisotopic (exact) mass is 749 g/mol. The van der Waals surface area contributed by atoms with Crippen LogP contribution in [-0.2, 0) is 31.9 Å². The largest absolute Gasteiger partial charge is 2.00 e. The fourth-order valence-corrected chi connectivity index (χ4v) is 6.40.